The lowest BCUT2D eigenvalue weighted by Crippen LogP contribution is -2.40. The summed E-state index contributed by atoms with van der Waals surface area (Å²) in [6.45, 7) is 0.376. The average Bonchev–Trinajstić information content (AvgIpc) is 2.38. The van der Waals surface area contributed by atoms with Crippen molar-refractivity contribution in [2.24, 2.45) is 0 Å². The Hall–Kier alpha value is -0.770. The Balaban J connectivity index is 2.23. The lowest BCUT2D eigenvalue weighted by Gasteiger charge is -2.31. The minimum Gasteiger partial charge on any atom is -0.355 e. The van der Waals surface area contributed by atoms with Crippen LogP contribution in [0.25, 0.3) is 0 Å². The van der Waals surface area contributed by atoms with E-state index in [1.807, 2.05) is 11.9 Å². The minimum atomic E-state index is -0.222. The average molecular weight is 261 g/mol. The second kappa shape index (κ2) is 7.54. The highest BCUT2D eigenvalue weighted by molar-refractivity contribution is 6.27. The molecule has 0 atom stereocenters. The summed E-state index contributed by atoms with van der Waals surface area (Å²) in [5.41, 5.74) is 0. The number of hydrogen-bond donors (Lipinski definition) is 1. The maximum absolute atomic E-state index is 11.9. The molecule has 0 aliphatic heterocycles. The van der Waals surface area contributed by atoms with Crippen LogP contribution in [0, 0.1) is 0 Å². The first kappa shape index (κ1) is 14.3. The molecular formula is C12H21ClN2O2. The third-order valence-electron chi connectivity index (χ3n) is 3.30. The second-order valence-corrected chi connectivity index (χ2v) is 4.80. The number of amides is 2. The van der Waals surface area contributed by atoms with E-state index in [9.17, 15) is 9.59 Å². The zero-order valence-electron chi connectivity index (χ0n) is 10.4. The zero-order valence-corrected chi connectivity index (χ0v) is 11.1. The zero-order chi connectivity index (χ0) is 12.7. The molecule has 1 aliphatic rings. The molecule has 1 aliphatic carbocycles. The van der Waals surface area contributed by atoms with E-state index in [1.165, 1.54) is 19.3 Å². The monoisotopic (exact) mass is 260 g/mol. The van der Waals surface area contributed by atoms with Gasteiger partial charge in [0.25, 0.3) is 0 Å². The number of nitrogens with one attached hydrogen (secondary N) is 1. The van der Waals surface area contributed by atoms with Crippen LogP contribution in [-0.4, -0.2) is 42.2 Å². The molecule has 0 aromatic carbocycles. The van der Waals surface area contributed by atoms with Gasteiger partial charge in [0.15, 0.2) is 0 Å². The molecule has 0 bridgehead atoms. The molecule has 0 aromatic heterocycles. The van der Waals surface area contributed by atoms with Crippen molar-refractivity contribution in [3.05, 3.63) is 0 Å². The van der Waals surface area contributed by atoms with Gasteiger partial charge < -0.3 is 10.2 Å². The van der Waals surface area contributed by atoms with E-state index in [1.54, 1.807) is 0 Å². The largest absolute Gasteiger partial charge is 0.355 e. The molecule has 1 N–H and O–H groups in total. The fourth-order valence-corrected chi connectivity index (χ4v) is 2.30. The Morgan fingerprint density at radius 1 is 1.29 bits per heavy atom. The van der Waals surface area contributed by atoms with E-state index in [0.717, 1.165) is 12.8 Å². The highest BCUT2D eigenvalue weighted by Crippen LogP contribution is 2.21. The summed E-state index contributed by atoms with van der Waals surface area (Å²) >= 11 is 5.34. The summed E-state index contributed by atoms with van der Waals surface area (Å²) in [5.74, 6) is -0.168. The van der Waals surface area contributed by atoms with Crippen LogP contribution in [0.1, 0.15) is 38.5 Å². The molecule has 2 amide bonds. The lowest BCUT2D eigenvalue weighted by atomic mass is 9.94. The topological polar surface area (TPSA) is 49.4 Å². The van der Waals surface area contributed by atoms with Crippen molar-refractivity contribution < 1.29 is 9.59 Å². The predicted octanol–water partition coefficient (Wildman–Crippen LogP) is 1.52. The van der Waals surface area contributed by atoms with Crippen LogP contribution in [0.2, 0.25) is 0 Å². The number of hydrogen-bond acceptors (Lipinski definition) is 2. The first-order chi connectivity index (χ1) is 8.15. The van der Waals surface area contributed by atoms with E-state index in [4.69, 9.17) is 11.6 Å². The first-order valence-corrected chi connectivity index (χ1v) is 6.77. The van der Waals surface area contributed by atoms with Crippen LogP contribution in [0.15, 0.2) is 0 Å². The SMILES string of the molecule is CN(C(=O)CCNC(=O)CCl)C1CCCCC1. The van der Waals surface area contributed by atoms with Crippen molar-refractivity contribution in [1.82, 2.24) is 10.2 Å². The van der Waals surface area contributed by atoms with Gasteiger partial charge in [-0.3, -0.25) is 9.59 Å². The van der Waals surface area contributed by atoms with Crippen LogP contribution in [0.5, 0.6) is 0 Å². The summed E-state index contributed by atoms with van der Waals surface area (Å²) in [7, 11) is 1.86. The third-order valence-corrected chi connectivity index (χ3v) is 3.54. The molecule has 1 rings (SSSR count). The molecule has 0 spiro atoms. The number of rotatable bonds is 5. The third kappa shape index (κ3) is 4.94. The van der Waals surface area contributed by atoms with Crippen LogP contribution in [-0.2, 0) is 9.59 Å². The van der Waals surface area contributed by atoms with Gasteiger partial charge in [-0.15, -0.1) is 11.6 Å². The Kier molecular flexibility index (Phi) is 6.34. The first-order valence-electron chi connectivity index (χ1n) is 6.23. The van der Waals surface area contributed by atoms with Crippen LogP contribution in [0.3, 0.4) is 0 Å². The molecule has 0 aromatic rings. The van der Waals surface area contributed by atoms with E-state index >= 15 is 0 Å². The van der Waals surface area contributed by atoms with Gasteiger partial charge in [0.05, 0.1) is 0 Å². The number of carbonyl (C=O) groups is 2. The summed E-state index contributed by atoms with van der Waals surface area (Å²) in [5, 5.41) is 2.60. The van der Waals surface area contributed by atoms with E-state index in [2.05, 4.69) is 5.32 Å². The smallest absolute Gasteiger partial charge is 0.234 e. The van der Waals surface area contributed by atoms with Gasteiger partial charge in [0.1, 0.15) is 5.88 Å². The summed E-state index contributed by atoms with van der Waals surface area (Å²) in [6.07, 6.45) is 6.28. The molecule has 1 fully saturated rings. The quantitative estimate of drug-likeness (QED) is 0.762. The Labute approximate surface area is 108 Å². The maximum Gasteiger partial charge on any atom is 0.234 e. The predicted molar refractivity (Wildman–Crippen MR) is 68.0 cm³/mol. The highest BCUT2D eigenvalue weighted by atomic mass is 35.5. The molecule has 0 unspecified atom stereocenters. The van der Waals surface area contributed by atoms with E-state index in [0.29, 0.717) is 19.0 Å². The molecule has 0 saturated heterocycles. The van der Waals surface area contributed by atoms with Crippen molar-refractivity contribution >= 4 is 23.4 Å². The summed E-state index contributed by atoms with van der Waals surface area (Å²) in [6, 6.07) is 0.389. The molecule has 0 heterocycles. The number of carbonyl (C=O) groups excluding carboxylic acids is 2. The number of alkyl halides is 1. The summed E-state index contributed by atoms with van der Waals surface area (Å²) < 4.78 is 0. The van der Waals surface area contributed by atoms with Gasteiger partial charge in [-0.05, 0) is 12.8 Å². The fourth-order valence-electron chi connectivity index (χ4n) is 2.20. The van der Waals surface area contributed by atoms with Crippen molar-refractivity contribution in [3.63, 3.8) is 0 Å². The van der Waals surface area contributed by atoms with Crippen molar-refractivity contribution in [2.45, 2.75) is 44.6 Å². The van der Waals surface area contributed by atoms with Gasteiger partial charge >= 0.3 is 0 Å². The molecule has 98 valence electrons. The number of halogens is 1. The Bertz CT molecular complexity index is 265. The van der Waals surface area contributed by atoms with Gasteiger partial charge in [0.2, 0.25) is 11.8 Å². The lowest BCUT2D eigenvalue weighted by molar-refractivity contribution is -0.132. The van der Waals surface area contributed by atoms with Gasteiger partial charge in [-0.25, -0.2) is 0 Å². The van der Waals surface area contributed by atoms with Gasteiger partial charge in [-0.1, -0.05) is 19.3 Å². The summed E-state index contributed by atoms with van der Waals surface area (Å²) in [4.78, 5) is 24.6. The molecular weight excluding hydrogens is 240 g/mol. The molecule has 1 saturated carbocycles. The molecule has 4 nitrogen and oxygen atoms in total. The van der Waals surface area contributed by atoms with E-state index in [-0.39, 0.29) is 17.7 Å². The molecule has 5 heteroatoms. The van der Waals surface area contributed by atoms with E-state index < -0.39 is 0 Å². The van der Waals surface area contributed by atoms with Crippen molar-refractivity contribution in [1.29, 1.82) is 0 Å². The normalized spacial score (nSPS) is 16.6. The van der Waals surface area contributed by atoms with Crippen molar-refractivity contribution in [2.75, 3.05) is 19.5 Å². The van der Waals surface area contributed by atoms with Gasteiger partial charge in [-0.2, -0.15) is 0 Å². The number of nitrogens with zero attached hydrogens (tertiary/aromatic N) is 1. The fraction of sp³-hybridized carbons (Fsp3) is 0.833. The van der Waals surface area contributed by atoms with Crippen LogP contribution < -0.4 is 5.32 Å². The Morgan fingerprint density at radius 3 is 2.53 bits per heavy atom. The second-order valence-electron chi connectivity index (χ2n) is 4.53. The Morgan fingerprint density at radius 2 is 1.94 bits per heavy atom. The highest BCUT2D eigenvalue weighted by Gasteiger charge is 2.21. The van der Waals surface area contributed by atoms with Crippen LogP contribution in [0.4, 0.5) is 0 Å². The minimum absolute atomic E-state index is 0.0490. The van der Waals surface area contributed by atoms with Gasteiger partial charge in [0, 0.05) is 26.1 Å². The van der Waals surface area contributed by atoms with Crippen molar-refractivity contribution in [3.8, 4) is 0 Å². The standard InChI is InChI=1S/C12H21ClN2O2/c1-15(10-5-3-2-4-6-10)12(17)7-8-14-11(16)9-13/h10H,2-9H2,1H3,(H,14,16). The van der Waals surface area contributed by atoms with Crippen LogP contribution >= 0.6 is 11.6 Å². The maximum atomic E-state index is 11.9. The molecule has 17 heavy (non-hydrogen) atoms. The molecule has 0 radical (unpaired) electrons.